The molecule has 3 N–H and O–H groups in total. The summed E-state index contributed by atoms with van der Waals surface area (Å²) in [6.07, 6.45) is 0.908. The maximum absolute atomic E-state index is 10.8. The second kappa shape index (κ2) is 4.44. The molecule has 0 heterocycles. The number of hydrogen-bond donors (Lipinski definition) is 2. The highest BCUT2D eigenvalue weighted by Crippen LogP contribution is 2.39. The predicted molar refractivity (Wildman–Crippen MR) is 59.6 cm³/mol. The number of ether oxygens (including phenoxy) is 1. The van der Waals surface area contributed by atoms with Gasteiger partial charge < -0.3 is 15.6 Å². The van der Waals surface area contributed by atoms with Crippen molar-refractivity contribution in [3.05, 3.63) is 29.8 Å². The quantitative estimate of drug-likeness (QED) is 0.775. The van der Waals surface area contributed by atoms with E-state index in [0.717, 1.165) is 0 Å². The second-order valence-corrected chi connectivity index (χ2v) is 4.28. The number of rotatable bonds is 3. The van der Waals surface area contributed by atoms with Crippen molar-refractivity contribution < 1.29 is 14.6 Å². The lowest BCUT2D eigenvalue weighted by Gasteiger charge is -2.27. The van der Waals surface area contributed by atoms with Crippen molar-refractivity contribution >= 4 is 17.9 Å². The molecule has 0 bridgehead atoms. The SMILES string of the molecule is CSC(C)(OC(N)=O)c1ccccc1O. The molecule has 1 atom stereocenters. The van der Waals surface area contributed by atoms with Gasteiger partial charge in [-0.05, 0) is 19.2 Å². The first-order valence-electron chi connectivity index (χ1n) is 4.31. The van der Waals surface area contributed by atoms with Crippen LogP contribution >= 0.6 is 11.8 Å². The molecule has 1 aromatic rings. The fraction of sp³-hybridized carbons (Fsp3) is 0.300. The second-order valence-electron chi connectivity index (χ2n) is 3.09. The van der Waals surface area contributed by atoms with E-state index in [4.69, 9.17) is 10.5 Å². The highest BCUT2D eigenvalue weighted by molar-refractivity contribution is 7.99. The zero-order valence-corrected chi connectivity index (χ0v) is 9.38. The molecule has 1 unspecified atom stereocenters. The van der Waals surface area contributed by atoms with Gasteiger partial charge in [-0.1, -0.05) is 18.2 Å². The van der Waals surface area contributed by atoms with Crippen LogP contribution in [-0.4, -0.2) is 17.5 Å². The van der Waals surface area contributed by atoms with E-state index in [1.807, 2.05) is 0 Å². The molecule has 0 aliphatic rings. The molecule has 1 aromatic carbocycles. The van der Waals surface area contributed by atoms with Gasteiger partial charge >= 0.3 is 6.09 Å². The van der Waals surface area contributed by atoms with E-state index < -0.39 is 11.0 Å². The number of aromatic hydroxyl groups is 1. The van der Waals surface area contributed by atoms with Gasteiger partial charge in [-0.2, -0.15) is 0 Å². The summed E-state index contributed by atoms with van der Waals surface area (Å²) in [5, 5.41) is 9.64. The van der Waals surface area contributed by atoms with Gasteiger partial charge in [-0.3, -0.25) is 0 Å². The normalized spacial score (nSPS) is 14.3. The van der Waals surface area contributed by atoms with Gasteiger partial charge in [0, 0.05) is 5.56 Å². The number of phenolic OH excluding ortho intramolecular Hbond substituents is 1. The highest BCUT2D eigenvalue weighted by Gasteiger charge is 2.31. The summed E-state index contributed by atoms with van der Waals surface area (Å²) >= 11 is 1.28. The number of carbonyl (C=O) groups is 1. The van der Waals surface area contributed by atoms with Crippen LogP contribution in [0.1, 0.15) is 12.5 Å². The molecule has 0 radical (unpaired) electrons. The van der Waals surface area contributed by atoms with Crippen molar-refractivity contribution in [3.8, 4) is 5.75 Å². The minimum absolute atomic E-state index is 0.0793. The molecule has 0 fully saturated rings. The summed E-state index contributed by atoms with van der Waals surface area (Å²) in [5.41, 5.74) is 5.51. The Morgan fingerprint density at radius 2 is 2.13 bits per heavy atom. The summed E-state index contributed by atoms with van der Waals surface area (Å²) in [6, 6.07) is 6.68. The molecule has 0 saturated heterocycles. The zero-order valence-electron chi connectivity index (χ0n) is 8.56. The maximum Gasteiger partial charge on any atom is 0.406 e. The molecule has 0 aliphatic heterocycles. The van der Waals surface area contributed by atoms with E-state index in [0.29, 0.717) is 5.56 Å². The number of amides is 1. The van der Waals surface area contributed by atoms with Gasteiger partial charge in [0.05, 0.1) is 0 Å². The Morgan fingerprint density at radius 3 is 2.60 bits per heavy atom. The van der Waals surface area contributed by atoms with Gasteiger partial charge in [0.1, 0.15) is 5.75 Å². The molecule has 82 valence electrons. The van der Waals surface area contributed by atoms with Gasteiger partial charge in [-0.15, -0.1) is 11.8 Å². The van der Waals surface area contributed by atoms with Crippen molar-refractivity contribution in [2.45, 2.75) is 11.9 Å². The Kier molecular flexibility index (Phi) is 3.47. The summed E-state index contributed by atoms with van der Waals surface area (Å²) in [6.45, 7) is 1.68. The average molecular weight is 227 g/mol. The monoisotopic (exact) mass is 227 g/mol. The lowest BCUT2D eigenvalue weighted by Crippen LogP contribution is -2.28. The zero-order chi connectivity index (χ0) is 11.5. The number of carbonyl (C=O) groups excluding carboxylic acids is 1. The lowest BCUT2D eigenvalue weighted by molar-refractivity contribution is 0.0935. The van der Waals surface area contributed by atoms with Crippen LogP contribution in [0.4, 0.5) is 4.79 Å². The van der Waals surface area contributed by atoms with Crippen LogP contribution in [0.5, 0.6) is 5.75 Å². The maximum atomic E-state index is 10.8. The predicted octanol–water partition coefficient (Wildman–Crippen LogP) is 2.02. The number of nitrogens with two attached hydrogens (primary N) is 1. The fourth-order valence-electron chi connectivity index (χ4n) is 1.26. The third kappa shape index (κ3) is 2.56. The smallest absolute Gasteiger partial charge is 0.406 e. The van der Waals surface area contributed by atoms with Gasteiger partial charge in [0.2, 0.25) is 0 Å². The number of benzene rings is 1. The molecule has 0 aliphatic carbocycles. The minimum atomic E-state index is -0.961. The number of thioether (sulfide) groups is 1. The molecule has 4 nitrogen and oxygen atoms in total. The van der Waals surface area contributed by atoms with Crippen LogP contribution in [0.25, 0.3) is 0 Å². The van der Waals surface area contributed by atoms with Crippen molar-refractivity contribution in [2.75, 3.05) is 6.26 Å². The Morgan fingerprint density at radius 1 is 1.53 bits per heavy atom. The third-order valence-electron chi connectivity index (χ3n) is 2.08. The van der Waals surface area contributed by atoms with Gasteiger partial charge in [0.25, 0.3) is 0 Å². The van der Waals surface area contributed by atoms with Crippen LogP contribution in [0.3, 0.4) is 0 Å². The molecule has 0 saturated carbocycles. The van der Waals surface area contributed by atoms with E-state index in [1.54, 1.807) is 31.4 Å². The van der Waals surface area contributed by atoms with E-state index in [1.165, 1.54) is 17.8 Å². The Balaban J connectivity index is 3.11. The Hall–Kier alpha value is -1.36. The third-order valence-corrected chi connectivity index (χ3v) is 3.16. The number of phenols is 1. The van der Waals surface area contributed by atoms with Crippen LogP contribution in [0.15, 0.2) is 24.3 Å². The van der Waals surface area contributed by atoms with E-state index >= 15 is 0 Å². The van der Waals surface area contributed by atoms with Gasteiger partial charge in [-0.25, -0.2) is 4.79 Å². The average Bonchev–Trinajstić information content (AvgIpc) is 2.17. The fourth-order valence-corrected chi connectivity index (χ4v) is 1.81. The van der Waals surface area contributed by atoms with Gasteiger partial charge in [0.15, 0.2) is 4.93 Å². The van der Waals surface area contributed by atoms with Crippen LogP contribution < -0.4 is 5.73 Å². The van der Waals surface area contributed by atoms with E-state index in [-0.39, 0.29) is 5.75 Å². The largest absolute Gasteiger partial charge is 0.507 e. The van der Waals surface area contributed by atoms with Crippen molar-refractivity contribution in [1.29, 1.82) is 0 Å². The summed E-state index contributed by atoms with van der Waals surface area (Å²) in [4.78, 5) is 9.80. The first-order chi connectivity index (χ1) is 6.99. The Labute approximate surface area is 92.4 Å². The summed E-state index contributed by atoms with van der Waals surface area (Å²) in [7, 11) is 0. The topological polar surface area (TPSA) is 72.5 Å². The molecule has 0 spiro atoms. The molecular formula is C10H13NO3S. The van der Waals surface area contributed by atoms with Crippen LogP contribution in [0.2, 0.25) is 0 Å². The van der Waals surface area contributed by atoms with E-state index in [2.05, 4.69) is 0 Å². The standard InChI is InChI=1S/C10H13NO3S/c1-10(15-2,14-9(11)13)7-5-3-4-6-8(7)12/h3-6,12H,1-2H3,(H2,11,13). The number of hydrogen-bond acceptors (Lipinski definition) is 4. The molecular weight excluding hydrogens is 214 g/mol. The minimum Gasteiger partial charge on any atom is -0.507 e. The molecule has 1 amide bonds. The molecule has 15 heavy (non-hydrogen) atoms. The molecule has 0 aromatic heterocycles. The van der Waals surface area contributed by atoms with Crippen LogP contribution in [-0.2, 0) is 9.67 Å². The van der Waals surface area contributed by atoms with E-state index in [9.17, 15) is 9.90 Å². The molecule has 5 heteroatoms. The van der Waals surface area contributed by atoms with Crippen molar-refractivity contribution in [3.63, 3.8) is 0 Å². The summed E-state index contributed by atoms with van der Waals surface area (Å²) in [5.74, 6) is 0.0793. The highest BCUT2D eigenvalue weighted by atomic mass is 32.2. The van der Waals surface area contributed by atoms with Crippen molar-refractivity contribution in [2.24, 2.45) is 5.73 Å². The number of primary amides is 1. The molecule has 1 rings (SSSR count). The van der Waals surface area contributed by atoms with Crippen molar-refractivity contribution in [1.82, 2.24) is 0 Å². The van der Waals surface area contributed by atoms with Crippen LogP contribution in [0, 0.1) is 0 Å². The Bertz CT molecular complexity index is 369. The first-order valence-corrected chi connectivity index (χ1v) is 5.54. The lowest BCUT2D eigenvalue weighted by atomic mass is 10.1. The number of para-hydroxylation sites is 1. The summed E-state index contributed by atoms with van der Waals surface area (Å²) < 4.78 is 5.00. The first kappa shape index (κ1) is 11.7.